The first kappa shape index (κ1) is 17.8. The molecule has 2 amide bonds. The van der Waals surface area contributed by atoms with Crippen LogP contribution in [0.3, 0.4) is 0 Å². The van der Waals surface area contributed by atoms with Crippen LogP contribution < -0.4 is 5.32 Å². The van der Waals surface area contributed by atoms with E-state index in [1.807, 2.05) is 11.8 Å². The number of aromatic nitrogens is 2. The first-order chi connectivity index (χ1) is 13.1. The average Bonchev–Trinajstić information content (AvgIpc) is 3.28. The van der Waals surface area contributed by atoms with E-state index in [-0.39, 0.29) is 29.7 Å². The molecule has 6 nitrogen and oxygen atoms in total. The molecule has 1 aliphatic carbocycles. The smallest absolute Gasteiger partial charge is 0.272 e. The van der Waals surface area contributed by atoms with E-state index in [1.165, 1.54) is 11.1 Å². The van der Waals surface area contributed by atoms with Gasteiger partial charge in [0.25, 0.3) is 5.91 Å². The van der Waals surface area contributed by atoms with Crippen LogP contribution in [0.2, 0.25) is 0 Å². The van der Waals surface area contributed by atoms with Crippen molar-refractivity contribution in [3.63, 3.8) is 0 Å². The molecular formula is C21H26N4O2. The van der Waals surface area contributed by atoms with Crippen molar-refractivity contribution in [1.82, 2.24) is 20.0 Å². The van der Waals surface area contributed by atoms with Gasteiger partial charge in [-0.3, -0.25) is 14.3 Å². The lowest BCUT2D eigenvalue weighted by atomic mass is 9.93. The molecule has 2 fully saturated rings. The summed E-state index contributed by atoms with van der Waals surface area (Å²) in [5, 5.41) is 7.42. The number of likely N-dealkylation sites (tertiary alicyclic amines) is 1. The fourth-order valence-corrected chi connectivity index (χ4v) is 3.84. The third kappa shape index (κ3) is 3.61. The van der Waals surface area contributed by atoms with Crippen molar-refractivity contribution in [1.29, 1.82) is 0 Å². The minimum absolute atomic E-state index is 0.0189. The zero-order valence-electron chi connectivity index (χ0n) is 15.9. The van der Waals surface area contributed by atoms with E-state index in [0.717, 1.165) is 12.8 Å². The molecule has 27 heavy (non-hydrogen) atoms. The highest BCUT2D eigenvalue weighted by Crippen LogP contribution is 2.32. The van der Waals surface area contributed by atoms with Crippen LogP contribution in [0.25, 0.3) is 0 Å². The van der Waals surface area contributed by atoms with Gasteiger partial charge in [0.2, 0.25) is 5.91 Å². The molecule has 0 unspecified atom stereocenters. The summed E-state index contributed by atoms with van der Waals surface area (Å²) in [6, 6.07) is 10.1. The normalized spacial score (nSPS) is 22.1. The van der Waals surface area contributed by atoms with Crippen molar-refractivity contribution in [3.8, 4) is 0 Å². The van der Waals surface area contributed by atoms with Gasteiger partial charge < -0.3 is 10.2 Å². The maximum absolute atomic E-state index is 13.0. The maximum atomic E-state index is 13.0. The minimum Gasteiger partial charge on any atom is -0.351 e. The van der Waals surface area contributed by atoms with Gasteiger partial charge in [0.05, 0.1) is 6.04 Å². The number of carbonyl (C=O) groups excluding carboxylic acids is 2. The second kappa shape index (κ2) is 7.18. The number of hydrogen-bond acceptors (Lipinski definition) is 3. The SMILES string of the molecule is CCn1nccc1C(=O)N1C[C@@H](NC(=O)C2CC2)[C@H](c2ccc(C)cc2)C1. The summed E-state index contributed by atoms with van der Waals surface area (Å²) in [6.45, 7) is 5.83. The van der Waals surface area contributed by atoms with E-state index < -0.39 is 0 Å². The van der Waals surface area contributed by atoms with E-state index in [4.69, 9.17) is 0 Å². The molecule has 0 bridgehead atoms. The van der Waals surface area contributed by atoms with E-state index >= 15 is 0 Å². The fraction of sp³-hybridized carbons (Fsp3) is 0.476. The molecule has 2 aliphatic rings. The number of aryl methyl sites for hydroxylation is 2. The highest BCUT2D eigenvalue weighted by Gasteiger charge is 2.40. The molecule has 1 aromatic heterocycles. The van der Waals surface area contributed by atoms with Gasteiger partial charge in [-0.2, -0.15) is 5.10 Å². The Bertz CT molecular complexity index is 838. The monoisotopic (exact) mass is 366 g/mol. The Morgan fingerprint density at radius 2 is 1.89 bits per heavy atom. The Morgan fingerprint density at radius 1 is 1.15 bits per heavy atom. The zero-order valence-corrected chi connectivity index (χ0v) is 15.9. The van der Waals surface area contributed by atoms with Crippen molar-refractivity contribution >= 4 is 11.8 Å². The molecule has 1 aliphatic heterocycles. The second-order valence-electron chi connectivity index (χ2n) is 7.65. The molecule has 1 aromatic carbocycles. The quantitative estimate of drug-likeness (QED) is 0.883. The van der Waals surface area contributed by atoms with Crippen LogP contribution >= 0.6 is 0 Å². The van der Waals surface area contributed by atoms with Gasteiger partial charge in [-0.25, -0.2) is 0 Å². The minimum atomic E-state index is -0.0530. The molecular weight excluding hydrogens is 340 g/mol. The lowest BCUT2D eigenvalue weighted by Crippen LogP contribution is -2.41. The van der Waals surface area contributed by atoms with E-state index in [0.29, 0.717) is 25.3 Å². The fourth-order valence-electron chi connectivity index (χ4n) is 3.84. The van der Waals surface area contributed by atoms with Crippen molar-refractivity contribution in [2.24, 2.45) is 5.92 Å². The lowest BCUT2D eigenvalue weighted by molar-refractivity contribution is -0.123. The molecule has 2 aromatic rings. The first-order valence-corrected chi connectivity index (χ1v) is 9.75. The summed E-state index contributed by atoms with van der Waals surface area (Å²) < 4.78 is 1.72. The molecule has 142 valence electrons. The largest absolute Gasteiger partial charge is 0.351 e. The molecule has 6 heteroatoms. The summed E-state index contributed by atoms with van der Waals surface area (Å²) >= 11 is 0. The van der Waals surface area contributed by atoms with Crippen LogP contribution in [0.1, 0.15) is 47.3 Å². The third-order valence-corrected chi connectivity index (χ3v) is 5.62. The van der Waals surface area contributed by atoms with Gasteiger partial charge in [0.1, 0.15) is 5.69 Å². The summed E-state index contributed by atoms with van der Waals surface area (Å²) in [5.74, 6) is 0.379. The number of benzene rings is 1. The van der Waals surface area contributed by atoms with Crippen LogP contribution in [-0.4, -0.2) is 45.6 Å². The van der Waals surface area contributed by atoms with E-state index in [2.05, 4.69) is 41.6 Å². The van der Waals surface area contributed by atoms with Gasteiger partial charge in [-0.1, -0.05) is 29.8 Å². The van der Waals surface area contributed by atoms with Gasteiger partial charge in [-0.15, -0.1) is 0 Å². The number of nitrogens with one attached hydrogen (secondary N) is 1. The number of hydrogen-bond donors (Lipinski definition) is 1. The molecule has 1 saturated carbocycles. The van der Waals surface area contributed by atoms with Crippen LogP contribution in [0, 0.1) is 12.8 Å². The topological polar surface area (TPSA) is 67.2 Å². The van der Waals surface area contributed by atoms with Crippen LogP contribution in [-0.2, 0) is 11.3 Å². The highest BCUT2D eigenvalue weighted by atomic mass is 16.2. The van der Waals surface area contributed by atoms with Gasteiger partial charge >= 0.3 is 0 Å². The Labute approximate surface area is 159 Å². The van der Waals surface area contributed by atoms with Gasteiger partial charge in [0.15, 0.2) is 0 Å². The number of nitrogens with zero attached hydrogens (tertiary/aromatic N) is 3. The molecule has 1 N–H and O–H groups in total. The summed E-state index contributed by atoms with van der Waals surface area (Å²) in [4.78, 5) is 27.3. The van der Waals surface area contributed by atoms with Crippen molar-refractivity contribution in [2.45, 2.75) is 45.2 Å². The highest BCUT2D eigenvalue weighted by molar-refractivity contribution is 5.93. The number of amides is 2. The molecule has 0 spiro atoms. The molecule has 4 rings (SSSR count). The van der Waals surface area contributed by atoms with Crippen LogP contribution in [0.5, 0.6) is 0 Å². The number of rotatable bonds is 5. The first-order valence-electron chi connectivity index (χ1n) is 9.75. The molecule has 1 saturated heterocycles. The predicted octanol–water partition coefficient (Wildman–Crippen LogP) is 2.35. The van der Waals surface area contributed by atoms with Crippen molar-refractivity contribution in [2.75, 3.05) is 13.1 Å². The van der Waals surface area contributed by atoms with Gasteiger partial charge in [0, 0.05) is 37.7 Å². The average molecular weight is 366 g/mol. The summed E-state index contributed by atoms with van der Waals surface area (Å²) in [7, 11) is 0. The predicted molar refractivity (Wildman–Crippen MR) is 102 cm³/mol. The lowest BCUT2D eigenvalue weighted by Gasteiger charge is -2.20. The number of carbonyl (C=O) groups is 2. The Hall–Kier alpha value is -2.63. The summed E-state index contributed by atoms with van der Waals surface area (Å²) in [6.07, 6.45) is 3.62. The van der Waals surface area contributed by atoms with Gasteiger partial charge in [-0.05, 0) is 38.3 Å². The van der Waals surface area contributed by atoms with Crippen molar-refractivity contribution in [3.05, 3.63) is 53.3 Å². The van der Waals surface area contributed by atoms with Crippen molar-refractivity contribution < 1.29 is 9.59 Å². The Morgan fingerprint density at radius 3 is 2.56 bits per heavy atom. The second-order valence-corrected chi connectivity index (χ2v) is 7.65. The zero-order chi connectivity index (χ0) is 19.0. The van der Waals surface area contributed by atoms with Crippen LogP contribution in [0.15, 0.2) is 36.5 Å². The maximum Gasteiger partial charge on any atom is 0.272 e. The van der Waals surface area contributed by atoms with E-state index in [9.17, 15) is 9.59 Å². The molecule has 2 atom stereocenters. The van der Waals surface area contributed by atoms with E-state index in [1.54, 1.807) is 16.9 Å². The summed E-state index contributed by atoms with van der Waals surface area (Å²) in [5.41, 5.74) is 2.98. The Kier molecular flexibility index (Phi) is 4.72. The molecule has 2 heterocycles. The van der Waals surface area contributed by atoms with Crippen LogP contribution in [0.4, 0.5) is 0 Å². The Balaban J connectivity index is 1.57. The standard InChI is InChI=1S/C21H26N4O2/c1-3-25-19(10-11-22-25)21(27)24-12-17(15-6-4-14(2)5-7-15)18(13-24)23-20(26)16-8-9-16/h4-7,10-11,16-18H,3,8-9,12-13H2,1-2H3,(H,23,26)/t17-,18+/m0/s1. The third-order valence-electron chi connectivity index (χ3n) is 5.62. The molecule has 0 radical (unpaired) electrons.